The van der Waals surface area contributed by atoms with Gasteiger partial charge >= 0.3 is 6.03 Å². The number of methoxy groups -OCH3 is 1. The molecule has 0 aliphatic carbocycles. The number of fused-ring (bicyclic) bond motifs is 2. The molecule has 0 spiro atoms. The molecule has 2 aromatic heterocycles. The number of pyridine rings is 1. The predicted octanol–water partition coefficient (Wildman–Crippen LogP) is 5.43. The number of carbonyl (C=O) groups excluding carboxylic acids is 1. The van der Waals surface area contributed by atoms with Gasteiger partial charge in [-0.05, 0) is 54.4 Å². The fraction of sp³-hybridized carbons (Fsp3) is 0.167. The van der Waals surface area contributed by atoms with Crippen LogP contribution in [0.1, 0.15) is 18.0 Å². The minimum atomic E-state index is -2.70. The molecule has 0 unspecified atom stereocenters. The maximum Gasteiger partial charge on any atom is 0.323 e. The normalized spacial score (nSPS) is 15.8. The van der Waals surface area contributed by atoms with Gasteiger partial charge in [0.15, 0.2) is 0 Å². The highest BCUT2D eigenvalue weighted by Crippen LogP contribution is 2.35. The quantitative estimate of drug-likeness (QED) is 0.377. The van der Waals surface area contributed by atoms with Crippen molar-refractivity contribution in [3.05, 3.63) is 77.1 Å². The number of ether oxygens (including phenoxy) is 1. The van der Waals surface area contributed by atoms with E-state index in [2.05, 4.69) is 20.6 Å². The fourth-order valence-corrected chi connectivity index (χ4v) is 4.01. The van der Waals surface area contributed by atoms with Crippen LogP contribution >= 0.6 is 11.6 Å². The summed E-state index contributed by atoms with van der Waals surface area (Å²) in [6.45, 7) is -1.43. The number of nitrogens with one attached hydrogen (secondary N) is 3. The van der Waals surface area contributed by atoms with Crippen molar-refractivity contribution in [2.24, 2.45) is 0 Å². The molecule has 2 amide bonds. The van der Waals surface area contributed by atoms with Crippen LogP contribution in [0.15, 0.2) is 60.9 Å². The standard InChI is InChI=1S/C24H22ClN5O2/c1-32-22-6-5-16(25)13-20(22)29-24(31)28-19-3-2-4-21-18(19)9-12-30(21)14-15-7-10-26-23-17(15)8-11-27-23/h2-8,10-11,13H,9,12,14H2,1H3,(H,26,27)(H2,28,29,31)/i1D3,14D2. The molecule has 1 aliphatic rings. The first-order valence-electron chi connectivity index (χ1n) is 12.4. The number of urea groups is 1. The Morgan fingerprint density at radius 2 is 2.19 bits per heavy atom. The molecule has 0 atom stereocenters. The van der Waals surface area contributed by atoms with E-state index in [9.17, 15) is 4.79 Å². The van der Waals surface area contributed by atoms with Gasteiger partial charge in [0.05, 0.1) is 19.6 Å². The lowest BCUT2D eigenvalue weighted by molar-refractivity contribution is 0.262. The molecule has 162 valence electrons. The topological polar surface area (TPSA) is 82.3 Å². The van der Waals surface area contributed by atoms with Crippen LogP contribution in [0.3, 0.4) is 0 Å². The summed E-state index contributed by atoms with van der Waals surface area (Å²) in [5.74, 6) is -0.0503. The molecule has 0 bridgehead atoms. The van der Waals surface area contributed by atoms with E-state index in [0.717, 1.165) is 5.56 Å². The van der Waals surface area contributed by atoms with Crippen molar-refractivity contribution in [3.63, 3.8) is 0 Å². The number of anilines is 3. The summed E-state index contributed by atoms with van der Waals surface area (Å²) in [5, 5.41) is 6.37. The van der Waals surface area contributed by atoms with E-state index in [1.54, 1.807) is 41.6 Å². The number of hydrogen-bond acceptors (Lipinski definition) is 4. The Kier molecular flexibility index (Phi) is 3.99. The lowest BCUT2D eigenvalue weighted by Crippen LogP contribution is -2.21. The van der Waals surface area contributed by atoms with Gasteiger partial charge in [-0.15, -0.1) is 0 Å². The summed E-state index contributed by atoms with van der Waals surface area (Å²) in [4.78, 5) is 21.8. The highest BCUT2D eigenvalue weighted by Gasteiger charge is 2.23. The van der Waals surface area contributed by atoms with Gasteiger partial charge in [0.2, 0.25) is 0 Å². The zero-order valence-corrected chi connectivity index (χ0v) is 17.5. The van der Waals surface area contributed by atoms with E-state index in [1.807, 2.05) is 6.07 Å². The van der Waals surface area contributed by atoms with E-state index in [4.69, 9.17) is 23.2 Å². The molecule has 2 aromatic carbocycles. The summed E-state index contributed by atoms with van der Waals surface area (Å²) in [5.41, 5.74) is 3.15. The number of aromatic nitrogens is 2. The highest BCUT2D eigenvalue weighted by molar-refractivity contribution is 6.31. The summed E-state index contributed by atoms with van der Waals surface area (Å²) in [7, 11) is -2.70. The zero-order chi connectivity index (χ0) is 26.4. The highest BCUT2D eigenvalue weighted by atomic mass is 35.5. The van der Waals surface area contributed by atoms with Crippen molar-refractivity contribution in [2.45, 2.75) is 12.9 Å². The second-order valence-electron chi connectivity index (χ2n) is 7.24. The van der Waals surface area contributed by atoms with Gasteiger partial charge < -0.3 is 25.3 Å². The number of benzene rings is 2. The number of hydrogen-bond donors (Lipinski definition) is 3. The lowest BCUT2D eigenvalue weighted by Gasteiger charge is -2.20. The number of aromatic amines is 1. The molecular weight excluding hydrogens is 426 g/mol. The van der Waals surface area contributed by atoms with Crippen molar-refractivity contribution in [1.29, 1.82) is 0 Å². The third-order valence-corrected chi connectivity index (χ3v) is 5.53. The lowest BCUT2D eigenvalue weighted by atomic mass is 10.1. The first kappa shape index (κ1) is 15.2. The van der Waals surface area contributed by atoms with E-state index in [1.165, 1.54) is 18.2 Å². The summed E-state index contributed by atoms with van der Waals surface area (Å²) in [6.07, 6.45) is 3.81. The van der Waals surface area contributed by atoms with Crippen LogP contribution in [0.25, 0.3) is 11.0 Å². The molecule has 3 heterocycles. The Morgan fingerprint density at radius 1 is 1.28 bits per heavy atom. The second kappa shape index (κ2) is 8.43. The number of H-pyrrole nitrogens is 1. The van der Waals surface area contributed by atoms with Crippen LogP contribution in [-0.2, 0) is 12.9 Å². The molecule has 0 radical (unpaired) electrons. The van der Waals surface area contributed by atoms with Gasteiger partial charge in [-0.1, -0.05) is 17.7 Å². The minimum Gasteiger partial charge on any atom is -0.495 e. The first-order chi connectivity index (χ1) is 17.5. The number of carbonyl (C=O) groups is 1. The first-order valence-corrected chi connectivity index (χ1v) is 10.3. The van der Waals surface area contributed by atoms with Crippen LogP contribution in [0.4, 0.5) is 21.9 Å². The number of halogens is 1. The third-order valence-electron chi connectivity index (χ3n) is 5.29. The number of nitrogens with zero attached hydrogens (tertiary/aromatic N) is 2. The van der Waals surface area contributed by atoms with Crippen molar-refractivity contribution >= 4 is 45.7 Å². The van der Waals surface area contributed by atoms with Gasteiger partial charge in [-0.25, -0.2) is 9.78 Å². The summed E-state index contributed by atoms with van der Waals surface area (Å²) in [6, 6.07) is 12.4. The number of amides is 2. The SMILES string of the molecule is [2H]C([2H])([2H])Oc1ccc(Cl)cc1NC(=O)Nc1cccc2c1CCN2C([2H])([2H])c1ccnc2[nH]ccc12. The molecule has 0 fully saturated rings. The molecule has 4 aromatic rings. The van der Waals surface area contributed by atoms with Crippen molar-refractivity contribution in [2.75, 3.05) is 29.1 Å². The van der Waals surface area contributed by atoms with Gasteiger partial charge in [0, 0.05) is 52.8 Å². The molecule has 0 saturated carbocycles. The van der Waals surface area contributed by atoms with Crippen molar-refractivity contribution in [3.8, 4) is 5.75 Å². The van der Waals surface area contributed by atoms with E-state index in [-0.39, 0.29) is 11.4 Å². The van der Waals surface area contributed by atoms with Crippen LogP contribution in [0.2, 0.25) is 5.02 Å². The average molecular weight is 453 g/mol. The second-order valence-corrected chi connectivity index (χ2v) is 7.67. The average Bonchev–Trinajstić information content (AvgIpc) is 3.48. The van der Waals surface area contributed by atoms with Gasteiger partial charge in [0.1, 0.15) is 11.4 Å². The maximum absolute atomic E-state index is 12.9. The summed E-state index contributed by atoms with van der Waals surface area (Å²) < 4.78 is 44.9. The van der Waals surface area contributed by atoms with Crippen LogP contribution in [0.5, 0.6) is 5.75 Å². The Labute approximate surface area is 197 Å². The van der Waals surface area contributed by atoms with E-state index >= 15 is 0 Å². The van der Waals surface area contributed by atoms with E-state index in [0.29, 0.717) is 46.0 Å². The molecule has 1 aliphatic heterocycles. The fourth-order valence-electron chi connectivity index (χ4n) is 3.84. The smallest absolute Gasteiger partial charge is 0.323 e. The Balaban J connectivity index is 1.39. The van der Waals surface area contributed by atoms with Gasteiger partial charge in [-0.3, -0.25) is 0 Å². The van der Waals surface area contributed by atoms with Crippen LogP contribution < -0.4 is 20.3 Å². The molecule has 32 heavy (non-hydrogen) atoms. The largest absolute Gasteiger partial charge is 0.495 e. The monoisotopic (exact) mass is 452 g/mol. The van der Waals surface area contributed by atoms with Gasteiger partial charge in [-0.2, -0.15) is 0 Å². The molecule has 7 nitrogen and oxygen atoms in total. The van der Waals surface area contributed by atoms with E-state index < -0.39 is 19.6 Å². The Hall–Kier alpha value is -3.71. The molecule has 3 N–H and O–H groups in total. The van der Waals surface area contributed by atoms with Crippen molar-refractivity contribution < 1.29 is 16.4 Å². The van der Waals surface area contributed by atoms with Gasteiger partial charge in [0.25, 0.3) is 0 Å². The predicted molar refractivity (Wildman–Crippen MR) is 128 cm³/mol. The molecular formula is C24H22ClN5O2. The van der Waals surface area contributed by atoms with Crippen LogP contribution in [0, 0.1) is 0 Å². The Morgan fingerprint density at radius 3 is 3.09 bits per heavy atom. The summed E-state index contributed by atoms with van der Waals surface area (Å²) >= 11 is 6.03. The maximum atomic E-state index is 12.9. The Bertz CT molecular complexity index is 1490. The molecule has 0 saturated heterocycles. The molecule has 5 rings (SSSR count). The van der Waals surface area contributed by atoms with Crippen LogP contribution in [-0.4, -0.2) is 29.6 Å². The zero-order valence-electron chi connectivity index (χ0n) is 21.8. The van der Waals surface area contributed by atoms with Crippen molar-refractivity contribution in [1.82, 2.24) is 9.97 Å². The molecule has 8 heteroatoms. The minimum absolute atomic E-state index is 0.0503. The third kappa shape index (κ3) is 3.83. The number of rotatable bonds is 5.